The fourth-order valence-electron chi connectivity index (χ4n) is 1.05. The summed E-state index contributed by atoms with van der Waals surface area (Å²) in [7, 11) is -3.69. The molecule has 7 nitrogen and oxygen atoms in total. The predicted octanol–water partition coefficient (Wildman–Crippen LogP) is 0.514. The van der Waals surface area contributed by atoms with E-state index < -0.39 is 21.7 Å². The van der Waals surface area contributed by atoms with Crippen LogP contribution in [0.15, 0.2) is 5.38 Å². The minimum atomic E-state index is -3.69. The molecule has 18 heavy (non-hydrogen) atoms. The molecule has 0 spiro atoms. The summed E-state index contributed by atoms with van der Waals surface area (Å²) in [6.07, 6.45) is -0.00961. The molecule has 98 valence electrons. The molecule has 1 aromatic heterocycles. The molecule has 0 aliphatic carbocycles. The third-order valence-electron chi connectivity index (χ3n) is 1.68. The second-order valence-corrected chi connectivity index (χ2v) is 5.73. The number of nitrogens with zero attached hydrogens (tertiary/aromatic N) is 2. The number of nitriles is 1. The van der Waals surface area contributed by atoms with Crippen molar-refractivity contribution in [1.29, 1.82) is 5.26 Å². The van der Waals surface area contributed by atoms with Crippen LogP contribution in [0.4, 0.5) is 5.13 Å². The number of nitrogens with one attached hydrogen (secondary N) is 1. The standard InChI is InChI=1S/C9H11N3O4S2/c1-2-16-8(13)5-7-6-17-9(11-7)12-18(14,15)4-3-10/h6H,2,4-5H2,1H3,(H,11,12). The number of anilines is 1. The van der Waals surface area contributed by atoms with Gasteiger partial charge in [-0.25, -0.2) is 13.4 Å². The molecule has 0 amide bonds. The van der Waals surface area contributed by atoms with Crippen molar-refractivity contribution in [3.05, 3.63) is 11.1 Å². The van der Waals surface area contributed by atoms with E-state index >= 15 is 0 Å². The highest BCUT2D eigenvalue weighted by Gasteiger charge is 2.13. The molecular weight excluding hydrogens is 278 g/mol. The first-order chi connectivity index (χ1) is 8.46. The summed E-state index contributed by atoms with van der Waals surface area (Å²) in [6.45, 7) is 1.98. The van der Waals surface area contributed by atoms with Gasteiger partial charge in [-0.1, -0.05) is 0 Å². The van der Waals surface area contributed by atoms with Crippen molar-refractivity contribution in [2.24, 2.45) is 0 Å². The monoisotopic (exact) mass is 289 g/mol. The minimum Gasteiger partial charge on any atom is -0.466 e. The number of esters is 1. The average Bonchev–Trinajstić information content (AvgIpc) is 2.64. The van der Waals surface area contributed by atoms with Gasteiger partial charge in [0, 0.05) is 5.38 Å². The lowest BCUT2D eigenvalue weighted by molar-refractivity contribution is -0.142. The van der Waals surface area contributed by atoms with Crippen molar-refractivity contribution in [3.8, 4) is 6.07 Å². The molecule has 0 fully saturated rings. The number of ether oxygens (including phenoxy) is 1. The van der Waals surface area contributed by atoms with Crippen LogP contribution in [-0.2, 0) is 26.0 Å². The van der Waals surface area contributed by atoms with Crippen LogP contribution >= 0.6 is 11.3 Å². The first-order valence-electron chi connectivity index (χ1n) is 4.94. The van der Waals surface area contributed by atoms with E-state index in [-0.39, 0.29) is 18.2 Å². The molecule has 0 saturated carbocycles. The summed E-state index contributed by atoms with van der Waals surface area (Å²) in [5.74, 6) is -1.06. The lowest BCUT2D eigenvalue weighted by atomic mass is 10.3. The van der Waals surface area contributed by atoms with Crippen LogP contribution in [0, 0.1) is 11.3 Å². The van der Waals surface area contributed by atoms with Gasteiger partial charge < -0.3 is 4.74 Å². The Labute approximate surface area is 108 Å². The number of hydrogen-bond donors (Lipinski definition) is 1. The Balaban J connectivity index is 2.64. The van der Waals surface area contributed by atoms with Crippen molar-refractivity contribution >= 4 is 32.5 Å². The maximum Gasteiger partial charge on any atom is 0.311 e. The van der Waals surface area contributed by atoms with Crippen LogP contribution in [0.2, 0.25) is 0 Å². The van der Waals surface area contributed by atoms with Gasteiger partial charge in [0.2, 0.25) is 10.0 Å². The molecule has 0 radical (unpaired) electrons. The van der Waals surface area contributed by atoms with Gasteiger partial charge >= 0.3 is 5.97 Å². The van der Waals surface area contributed by atoms with Gasteiger partial charge in [-0.3, -0.25) is 9.52 Å². The molecule has 0 aliphatic rings. The van der Waals surface area contributed by atoms with E-state index in [1.54, 1.807) is 12.3 Å². The molecule has 1 rings (SSSR count). The molecule has 1 heterocycles. The lowest BCUT2D eigenvalue weighted by Crippen LogP contribution is -2.15. The Kier molecular flexibility index (Phi) is 5.06. The van der Waals surface area contributed by atoms with E-state index in [0.29, 0.717) is 5.69 Å². The van der Waals surface area contributed by atoms with Crippen molar-refractivity contribution in [3.63, 3.8) is 0 Å². The molecule has 1 aromatic rings. The largest absolute Gasteiger partial charge is 0.466 e. The Morgan fingerprint density at radius 2 is 2.39 bits per heavy atom. The molecule has 0 atom stereocenters. The van der Waals surface area contributed by atoms with Crippen LogP contribution in [-0.4, -0.2) is 31.7 Å². The fraction of sp³-hybridized carbons (Fsp3) is 0.444. The Bertz CT molecular complexity index is 559. The number of thiazole rings is 1. The van der Waals surface area contributed by atoms with Gasteiger partial charge in [-0.15, -0.1) is 11.3 Å². The summed E-state index contributed by atoms with van der Waals surface area (Å²) in [4.78, 5) is 15.1. The number of hydrogen-bond acceptors (Lipinski definition) is 7. The Morgan fingerprint density at radius 3 is 3.00 bits per heavy atom. The van der Waals surface area contributed by atoms with Crippen molar-refractivity contribution in [2.75, 3.05) is 17.1 Å². The molecule has 0 bridgehead atoms. The highest BCUT2D eigenvalue weighted by molar-refractivity contribution is 7.93. The van der Waals surface area contributed by atoms with Gasteiger partial charge in [0.1, 0.15) is 0 Å². The van der Waals surface area contributed by atoms with Gasteiger partial charge in [0.25, 0.3) is 0 Å². The number of carbonyl (C=O) groups is 1. The fourth-order valence-corrected chi connectivity index (χ4v) is 2.73. The normalized spacial score (nSPS) is 10.7. The van der Waals surface area contributed by atoms with Gasteiger partial charge in [0.15, 0.2) is 10.9 Å². The van der Waals surface area contributed by atoms with E-state index in [1.807, 2.05) is 0 Å². The third kappa shape index (κ3) is 4.68. The third-order valence-corrected chi connectivity index (χ3v) is 3.63. The van der Waals surface area contributed by atoms with E-state index in [2.05, 4.69) is 9.71 Å². The van der Waals surface area contributed by atoms with E-state index in [4.69, 9.17) is 10.00 Å². The van der Waals surface area contributed by atoms with Gasteiger partial charge in [0.05, 0.1) is 24.8 Å². The van der Waals surface area contributed by atoms with Crippen molar-refractivity contribution in [2.45, 2.75) is 13.3 Å². The van der Waals surface area contributed by atoms with Gasteiger partial charge in [-0.05, 0) is 6.92 Å². The minimum absolute atomic E-state index is 0.00961. The summed E-state index contributed by atoms with van der Waals surface area (Å²) in [5.41, 5.74) is 0.424. The maximum absolute atomic E-state index is 11.3. The molecule has 0 aliphatic heterocycles. The Morgan fingerprint density at radius 1 is 1.67 bits per heavy atom. The van der Waals surface area contributed by atoms with Crippen LogP contribution in [0.1, 0.15) is 12.6 Å². The summed E-state index contributed by atoms with van der Waals surface area (Å²) in [5, 5.41) is 10.0. The average molecular weight is 289 g/mol. The molecule has 0 unspecified atom stereocenters. The Hall–Kier alpha value is -1.66. The molecule has 0 aromatic carbocycles. The number of rotatable bonds is 6. The second-order valence-electron chi connectivity index (χ2n) is 3.15. The van der Waals surface area contributed by atoms with Gasteiger partial charge in [-0.2, -0.15) is 5.26 Å². The zero-order valence-electron chi connectivity index (χ0n) is 9.54. The van der Waals surface area contributed by atoms with E-state index in [1.165, 1.54) is 6.07 Å². The maximum atomic E-state index is 11.3. The molecule has 1 N–H and O–H groups in total. The summed E-state index contributed by atoms with van der Waals surface area (Å²) >= 11 is 1.04. The topological polar surface area (TPSA) is 109 Å². The van der Waals surface area contributed by atoms with Crippen molar-refractivity contribution in [1.82, 2.24) is 4.98 Å². The zero-order chi connectivity index (χ0) is 13.6. The van der Waals surface area contributed by atoms with E-state index in [0.717, 1.165) is 11.3 Å². The first-order valence-corrected chi connectivity index (χ1v) is 7.47. The summed E-state index contributed by atoms with van der Waals surface area (Å²) in [6, 6.07) is 1.54. The molecule has 9 heteroatoms. The SMILES string of the molecule is CCOC(=O)Cc1csc(NS(=O)(=O)CC#N)n1. The van der Waals surface area contributed by atoms with Crippen LogP contribution < -0.4 is 4.72 Å². The first kappa shape index (κ1) is 14.4. The smallest absolute Gasteiger partial charge is 0.311 e. The number of carbonyl (C=O) groups excluding carboxylic acids is 1. The molecular formula is C9H11N3O4S2. The highest BCUT2D eigenvalue weighted by atomic mass is 32.2. The number of sulfonamides is 1. The summed E-state index contributed by atoms with van der Waals surface area (Å²) < 4.78 is 29.4. The lowest BCUT2D eigenvalue weighted by Gasteiger charge is -2.00. The quantitative estimate of drug-likeness (QED) is 0.764. The van der Waals surface area contributed by atoms with Crippen LogP contribution in [0.25, 0.3) is 0 Å². The van der Waals surface area contributed by atoms with E-state index in [9.17, 15) is 13.2 Å². The van der Waals surface area contributed by atoms with Crippen LogP contribution in [0.5, 0.6) is 0 Å². The van der Waals surface area contributed by atoms with Crippen LogP contribution in [0.3, 0.4) is 0 Å². The number of aromatic nitrogens is 1. The van der Waals surface area contributed by atoms with Crippen molar-refractivity contribution < 1.29 is 17.9 Å². The molecule has 0 saturated heterocycles. The second kappa shape index (κ2) is 6.32. The highest BCUT2D eigenvalue weighted by Crippen LogP contribution is 2.17. The predicted molar refractivity (Wildman–Crippen MR) is 65.5 cm³/mol. The zero-order valence-corrected chi connectivity index (χ0v) is 11.2.